The van der Waals surface area contributed by atoms with Gasteiger partial charge in [-0.25, -0.2) is 13.2 Å². The quantitative estimate of drug-likeness (QED) is 0.417. The summed E-state index contributed by atoms with van der Waals surface area (Å²) in [4.78, 5) is 35.3. The summed E-state index contributed by atoms with van der Waals surface area (Å²) in [5.41, 5.74) is 2.59. The Morgan fingerprint density at radius 2 is 1.89 bits per heavy atom. The highest BCUT2D eigenvalue weighted by atomic mass is 32.2. The lowest BCUT2D eigenvalue weighted by molar-refractivity contribution is 0.0474. The Labute approximate surface area is 163 Å². The Morgan fingerprint density at radius 1 is 1.21 bits per heavy atom. The minimum atomic E-state index is -3.04. The fraction of sp³-hybridized carbons (Fsp3) is 0.350. The summed E-state index contributed by atoms with van der Waals surface area (Å²) < 4.78 is 30.5. The second-order valence-electron chi connectivity index (χ2n) is 6.95. The number of nitrogens with zero attached hydrogens (tertiary/aromatic N) is 1. The molecule has 148 valence electrons. The van der Waals surface area contributed by atoms with E-state index in [0.29, 0.717) is 29.5 Å². The molecule has 0 aliphatic carbocycles. The number of carbonyl (C=O) groups is 3. The number of benzene rings is 1. The van der Waals surface area contributed by atoms with Crippen LogP contribution in [0.2, 0.25) is 0 Å². The molecule has 2 heterocycles. The molecule has 28 heavy (non-hydrogen) atoms. The number of esters is 1. The van der Waals surface area contributed by atoms with E-state index in [2.05, 4.69) is 0 Å². The van der Waals surface area contributed by atoms with Gasteiger partial charge < -0.3 is 9.30 Å². The van der Waals surface area contributed by atoms with Gasteiger partial charge in [0.05, 0.1) is 17.1 Å². The molecular weight excluding hydrogens is 382 g/mol. The van der Waals surface area contributed by atoms with Crippen LogP contribution >= 0.6 is 0 Å². The molecule has 0 bridgehead atoms. The van der Waals surface area contributed by atoms with E-state index >= 15 is 0 Å². The van der Waals surface area contributed by atoms with Gasteiger partial charge in [0.2, 0.25) is 5.78 Å². The van der Waals surface area contributed by atoms with Crippen LogP contribution in [0.4, 0.5) is 0 Å². The molecule has 8 heteroatoms. The van der Waals surface area contributed by atoms with Gasteiger partial charge in [0.1, 0.15) is 6.29 Å². The van der Waals surface area contributed by atoms with Gasteiger partial charge in [-0.15, -0.1) is 0 Å². The standard InChI is InChI=1S/C20H21NO6S/c1-13-9-18(14(2)21(13)17-7-8-28(25,26)12-17)19(23)11-27-20(24)16-5-3-15(10-22)4-6-16/h3-6,9-10,17H,7-8,11-12H2,1-2H3/t17-/m1/s1. The zero-order chi connectivity index (χ0) is 20.5. The highest BCUT2D eigenvalue weighted by molar-refractivity contribution is 7.91. The van der Waals surface area contributed by atoms with Gasteiger partial charge >= 0.3 is 5.97 Å². The van der Waals surface area contributed by atoms with Gasteiger partial charge in [0, 0.05) is 28.6 Å². The minimum Gasteiger partial charge on any atom is -0.454 e. The summed E-state index contributed by atoms with van der Waals surface area (Å²) in [7, 11) is -3.04. The lowest BCUT2D eigenvalue weighted by atomic mass is 10.1. The number of hydrogen-bond donors (Lipinski definition) is 0. The third-order valence-electron chi connectivity index (χ3n) is 4.98. The molecule has 0 saturated carbocycles. The number of aldehydes is 1. The molecule has 3 rings (SSSR count). The van der Waals surface area contributed by atoms with Gasteiger partial charge in [-0.1, -0.05) is 12.1 Å². The Hall–Kier alpha value is -2.74. The number of hydrogen-bond acceptors (Lipinski definition) is 6. The summed E-state index contributed by atoms with van der Waals surface area (Å²) in [5.74, 6) is -0.777. The van der Waals surface area contributed by atoms with Crippen LogP contribution in [0.3, 0.4) is 0 Å². The van der Waals surface area contributed by atoms with Crippen LogP contribution in [0.25, 0.3) is 0 Å². The SMILES string of the molecule is Cc1cc(C(=O)COC(=O)c2ccc(C=O)cc2)c(C)n1[C@@H]1CCS(=O)(=O)C1. The Balaban J connectivity index is 1.70. The molecule has 0 radical (unpaired) electrons. The maximum Gasteiger partial charge on any atom is 0.338 e. The number of rotatable bonds is 6. The maximum absolute atomic E-state index is 12.6. The highest BCUT2D eigenvalue weighted by Gasteiger charge is 2.31. The first-order valence-electron chi connectivity index (χ1n) is 8.86. The largest absolute Gasteiger partial charge is 0.454 e. The van der Waals surface area contributed by atoms with Gasteiger partial charge in [-0.2, -0.15) is 0 Å². The lowest BCUT2D eigenvalue weighted by Crippen LogP contribution is -2.17. The molecule has 1 fully saturated rings. The van der Waals surface area contributed by atoms with Crippen molar-refractivity contribution < 1.29 is 27.5 Å². The molecule has 0 N–H and O–H groups in total. The molecule has 1 aliphatic heterocycles. The van der Waals surface area contributed by atoms with E-state index in [-0.39, 0.29) is 28.9 Å². The second-order valence-corrected chi connectivity index (χ2v) is 9.18. The molecular formula is C20H21NO6S. The summed E-state index contributed by atoms with van der Waals surface area (Å²) in [6.45, 7) is 3.18. The van der Waals surface area contributed by atoms with E-state index in [4.69, 9.17) is 4.74 Å². The number of aromatic nitrogens is 1. The van der Waals surface area contributed by atoms with Gasteiger partial charge in [0.25, 0.3) is 0 Å². The third-order valence-corrected chi connectivity index (χ3v) is 6.73. The van der Waals surface area contributed by atoms with Crippen LogP contribution in [0.5, 0.6) is 0 Å². The van der Waals surface area contributed by atoms with E-state index in [1.807, 2.05) is 11.5 Å². The van der Waals surface area contributed by atoms with Crippen molar-refractivity contribution in [3.63, 3.8) is 0 Å². The fourth-order valence-electron chi connectivity index (χ4n) is 3.59. The van der Waals surface area contributed by atoms with Crippen molar-refractivity contribution >= 4 is 27.9 Å². The van der Waals surface area contributed by atoms with Gasteiger partial charge in [-0.05, 0) is 38.5 Å². The molecule has 1 aliphatic rings. The zero-order valence-electron chi connectivity index (χ0n) is 15.7. The first-order valence-corrected chi connectivity index (χ1v) is 10.7. The molecule has 0 amide bonds. The van der Waals surface area contributed by atoms with E-state index < -0.39 is 22.4 Å². The molecule has 1 saturated heterocycles. The van der Waals surface area contributed by atoms with Gasteiger partial charge in [0.15, 0.2) is 16.4 Å². The number of ether oxygens (including phenoxy) is 1. The fourth-order valence-corrected chi connectivity index (χ4v) is 5.29. The van der Waals surface area contributed by atoms with Crippen LogP contribution in [-0.2, 0) is 14.6 Å². The first kappa shape index (κ1) is 20.0. The predicted molar refractivity (Wildman–Crippen MR) is 103 cm³/mol. The van der Waals surface area contributed by atoms with Crippen LogP contribution in [0.1, 0.15) is 54.9 Å². The summed E-state index contributed by atoms with van der Waals surface area (Å²) in [6.07, 6.45) is 1.20. The number of ketones is 1. The third kappa shape index (κ3) is 4.06. The van der Waals surface area contributed by atoms with Crippen molar-refractivity contribution in [2.45, 2.75) is 26.3 Å². The van der Waals surface area contributed by atoms with E-state index in [1.54, 1.807) is 13.0 Å². The van der Waals surface area contributed by atoms with E-state index in [9.17, 15) is 22.8 Å². The summed E-state index contributed by atoms with van der Waals surface area (Å²) >= 11 is 0. The van der Waals surface area contributed by atoms with Crippen molar-refractivity contribution in [1.29, 1.82) is 0 Å². The molecule has 0 unspecified atom stereocenters. The summed E-state index contributed by atoms with van der Waals surface area (Å²) in [5, 5.41) is 0. The first-order chi connectivity index (χ1) is 13.2. The van der Waals surface area contributed by atoms with Crippen molar-refractivity contribution in [1.82, 2.24) is 4.57 Å². The van der Waals surface area contributed by atoms with E-state index in [0.717, 1.165) is 5.69 Å². The van der Waals surface area contributed by atoms with Crippen molar-refractivity contribution in [3.8, 4) is 0 Å². The van der Waals surface area contributed by atoms with E-state index in [1.165, 1.54) is 24.3 Å². The minimum absolute atomic E-state index is 0.0722. The topological polar surface area (TPSA) is 99.5 Å². The van der Waals surface area contributed by atoms with Crippen molar-refractivity contribution in [3.05, 3.63) is 58.4 Å². The Morgan fingerprint density at radius 3 is 2.46 bits per heavy atom. The van der Waals surface area contributed by atoms with Crippen LogP contribution in [0, 0.1) is 13.8 Å². The predicted octanol–water partition coefficient (Wildman–Crippen LogP) is 2.32. The zero-order valence-corrected chi connectivity index (χ0v) is 16.5. The van der Waals surface area contributed by atoms with Crippen molar-refractivity contribution in [2.24, 2.45) is 0 Å². The number of Topliss-reactive ketones (excluding diaryl/α,β-unsaturated/α-hetero) is 1. The number of carbonyl (C=O) groups excluding carboxylic acids is 3. The lowest BCUT2D eigenvalue weighted by Gasteiger charge is -2.16. The van der Waals surface area contributed by atoms with Crippen LogP contribution in [0.15, 0.2) is 30.3 Å². The second kappa shape index (κ2) is 7.71. The Kier molecular flexibility index (Phi) is 5.51. The number of aryl methyl sites for hydroxylation is 1. The Bertz CT molecular complexity index is 1030. The van der Waals surface area contributed by atoms with Gasteiger partial charge in [-0.3, -0.25) is 9.59 Å². The molecule has 1 atom stereocenters. The smallest absolute Gasteiger partial charge is 0.338 e. The molecule has 2 aromatic rings. The molecule has 7 nitrogen and oxygen atoms in total. The molecule has 1 aromatic carbocycles. The normalized spacial score (nSPS) is 18.0. The average Bonchev–Trinajstić information content (AvgIpc) is 3.17. The monoisotopic (exact) mass is 403 g/mol. The summed E-state index contributed by atoms with van der Waals surface area (Å²) in [6, 6.07) is 7.44. The molecule has 1 aromatic heterocycles. The van der Waals surface area contributed by atoms with Crippen LogP contribution < -0.4 is 0 Å². The highest BCUT2D eigenvalue weighted by Crippen LogP contribution is 2.29. The molecule has 0 spiro atoms. The maximum atomic E-state index is 12.6. The number of sulfone groups is 1. The van der Waals surface area contributed by atoms with Crippen LogP contribution in [-0.4, -0.2) is 49.1 Å². The average molecular weight is 403 g/mol. The van der Waals surface area contributed by atoms with Crippen molar-refractivity contribution in [2.75, 3.05) is 18.1 Å².